The van der Waals surface area contributed by atoms with Gasteiger partial charge < -0.3 is 9.53 Å². The van der Waals surface area contributed by atoms with E-state index in [0.717, 1.165) is 31.2 Å². The van der Waals surface area contributed by atoms with E-state index in [0.29, 0.717) is 24.7 Å². The van der Waals surface area contributed by atoms with Crippen LogP contribution in [0, 0.1) is 11.7 Å². The highest BCUT2D eigenvalue weighted by atomic mass is 19.1. The van der Waals surface area contributed by atoms with E-state index >= 15 is 0 Å². The van der Waals surface area contributed by atoms with Crippen molar-refractivity contribution in [2.75, 3.05) is 6.61 Å². The first-order valence-corrected chi connectivity index (χ1v) is 8.39. The van der Waals surface area contributed by atoms with Crippen LogP contribution in [0.4, 0.5) is 4.39 Å². The Morgan fingerprint density at radius 3 is 2.45 bits per heavy atom. The van der Waals surface area contributed by atoms with Crippen molar-refractivity contribution >= 4 is 5.78 Å². The first-order valence-electron chi connectivity index (χ1n) is 8.39. The first-order chi connectivity index (χ1) is 10.5. The van der Waals surface area contributed by atoms with Gasteiger partial charge in [0.25, 0.3) is 0 Å². The van der Waals surface area contributed by atoms with Crippen LogP contribution < -0.4 is 4.74 Å². The van der Waals surface area contributed by atoms with E-state index in [9.17, 15) is 9.18 Å². The molecule has 1 aromatic rings. The third kappa shape index (κ3) is 9.54. The predicted molar refractivity (Wildman–Crippen MR) is 90.9 cm³/mol. The van der Waals surface area contributed by atoms with E-state index in [2.05, 4.69) is 0 Å². The van der Waals surface area contributed by atoms with Crippen molar-refractivity contribution in [2.45, 2.75) is 66.7 Å². The molecule has 126 valence electrons. The summed E-state index contributed by atoms with van der Waals surface area (Å²) in [5, 5.41) is 0. The Morgan fingerprint density at radius 2 is 1.86 bits per heavy atom. The third-order valence-corrected chi connectivity index (χ3v) is 3.06. The summed E-state index contributed by atoms with van der Waals surface area (Å²) in [7, 11) is 0. The van der Waals surface area contributed by atoms with E-state index in [1.54, 1.807) is 13.0 Å². The van der Waals surface area contributed by atoms with Crippen LogP contribution in [0.2, 0.25) is 0 Å². The van der Waals surface area contributed by atoms with Crippen molar-refractivity contribution in [2.24, 2.45) is 5.92 Å². The van der Waals surface area contributed by atoms with Crippen LogP contribution in [-0.4, -0.2) is 12.4 Å². The van der Waals surface area contributed by atoms with Crippen molar-refractivity contribution in [1.82, 2.24) is 0 Å². The highest BCUT2D eigenvalue weighted by Crippen LogP contribution is 2.21. The SMILES string of the molecule is CC.CC(=O)CCCCCc1ccc(F)c(OCC(C)C)c1. The number of aryl methyl sites for hydroxylation is 1. The Kier molecular flexibility index (Phi) is 11.4. The Balaban J connectivity index is 0.00000211. The molecule has 1 rings (SSSR count). The second kappa shape index (κ2) is 12.2. The van der Waals surface area contributed by atoms with Crippen LogP contribution in [0.25, 0.3) is 0 Å². The highest BCUT2D eigenvalue weighted by molar-refractivity contribution is 5.75. The van der Waals surface area contributed by atoms with Crippen LogP contribution in [-0.2, 0) is 11.2 Å². The van der Waals surface area contributed by atoms with Gasteiger partial charge in [0.15, 0.2) is 11.6 Å². The molecule has 0 aliphatic carbocycles. The summed E-state index contributed by atoms with van der Waals surface area (Å²) in [5.74, 6) is 0.673. The number of hydrogen-bond donors (Lipinski definition) is 0. The normalized spacial score (nSPS) is 10.1. The summed E-state index contributed by atoms with van der Waals surface area (Å²) >= 11 is 0. The number of ether oxygens (including phenoxy) is 1. The molecule has 0 aliphatic heterocycles. The van der Waals surface area contributed by atoms with Crippen LogP contribution in [0.15, 0.2) is 18.2 Å². The molecule has 0 saturated heterocycles. The van der Waals surface area contributed by atoms with E-state index in [1.807, 2.05) is 33.8 Å². The van der Waals surface area contributed by atoms with Crippen molar-refractivity contribution in [3.8, 4) is 5.75 Å². The number of ketones is 1. The lowest BCUT2D eigenvalue weighted by atomic mass is 10.0. The number of Topliss-reactive ketones (excluding diaryl/α,β-unsaturated/α-hetero) is 1. The van der Waals surface area contributed by atoms with Crippen molar-refractivity contribution < 1.29 is 13.9 Å². The van der Waals surface area contributed by atoms with E-state index in [1.165, 1.54) is 6.07 Å². The lowest BCUT2D eigenvalue weighted by molar-refractivity contribution is -0.117. The molecule has 22 heavy (non-hydrogen) atoms. The summed E-state index contributed by atoms with van der Waals surface area (Å²) in [6.45, 7) is 10.2. The van der Waals surface area contributed by atoms with Crippen LogP contribution in [0.1, 0.15) is 65.9 Å². The maximum Gasteiger partial charge on any atom is 0.165 e. The van der Waals surface area contributed by atoms with Gasteiger partial charge in [-0.25, -0.2) is 4.39 Å². The summed E-state index contributed by atoms with van der Waals surface area (Å²) in [5.41, 5.74) is 1.09. The fourth-order valence-corrected chi connectivity index (χ4v) is 1.95. The zero-order valence-corrected chi connectivity index (χ0v) is 14.7. The molecule has 0 saturated carbocycles. The quantitative estimate of drug-likeness (QED) is 0.557. The minimum Gasteiger partial charge on any atom is -0.490 e. The molecule has 0 aromatic heterocycles. The maximum absolute atomic E-state index is 13.6. The molecule has 0 heterocycles. The van der Waals surface area contributed by atoms with Crippen LogP contribution in [0.3, 0.4) is 0 Å². The standard InChI is InChI=1S/C17H25FO2.C2H6/c1-13(2)12-20-17-11-15(9-10-16(17)18)8-6-4-5-7-14(3)19;1-2/h9-11,13H,4-8,12H2,1-3H3;1-2H3. The lowest BCUT2D eigenvalue weighted by Gasteiger charge is -2.11. The highest BCUT2D eigenvalue weighted by Gasteiger charge is 2.06. The molecular weight excluding hydrogens is 279 g/mol. The van der Waals surface area contributed by atoms with Gasteiger partial charge in [0.1, 0.15) is 5.78 Å². The smallest absolute Gasteiger partial charge is 0.165 e. The maximum atomic E-state index is 13.6. The molecule has 0 unspecified atom stereocenters. The number of carbonyl (C=O) groups excluding carboxylic acids is 1. The van der Waals surface area contributed by atoms with Gasteiger partial charge in [-0.2, -0.15) is 0 Å². The second-order valence-electron chi connectivity index (χ2n) is 5.73. The minimum atomic E-state index is -0.300. The van der Waals surface area contributed by atoms with Gasteiger partial charge in [0.05, 0.1) is 6.61 Å². The van der Waals surface area contributed by atoms with Gasteiger partial charge >= 0.3 is 0 Å². The molecule has 0 radical (unpaired) electrons. The van der Waals surface area contributed by atoms with Gasteiger partial charge in [-0.05, 0) is 49.8 Å². The zero-order chi connectivity index (χ0) is 17.0. The average molecular weight is 310 g/mol. The minimum absolute atomic E-state index is 0.246. The molecule has 0 spiro atoms. The Bertz CT molecular complexity index is 427. The Hall–Kier alpha value is -1.38. The van der Waals surface area contributed by atoms with Crippen molar-refractivity contribution in [1.29, 1.82) is 0 Å². The zero-order valence-electron chi connectivity index (χ0n) is 14.7. The van der Waals surface area contributed by atoms with Crippen LogP contribution in [0.5, 0.6) is 5.75 Å². The van der Waals surface area contributed by atoms with E-state index < -0.39 is 0 Å². The Morgan fingerprint density at radius 1 is 1.18 bits per heavy atom. The Labute approximate surface area is 135 Å². The van der Waals surface area contributed by atoms with Gasteiger partial charge in [-0.15, -0.1) is 0 Å². The third-order valence-electron chi connectivity index (χ3n) is 3.06. The number of benzene rings is 1. The summed E-state index contributed by atoms with van der Waals surface area (Å²) in [4.78, 5) is 10.8. The number of rotatable bonds is 9. The summed E-state index contributed by atoms with van der Waals surface area (Å²) < 4.78 is 19.1. The summed E-state index contributed by atoms with van der Waals surface area (Å²) in [6, 6.07) is 5.08. The molecule has 2 nitrogen and oxygen atoms in total. The van der Waals surface area contributed by atoms with Crippen molar-refractivity contribution in [3.63, 3.8) is 0 Å². The fraction of sp³-hybridized carbons (Fsp3) is 0.632. The molecule has 0 bridgehead atoms. The molecule has 1 aromatic carbocycles. The molecular formula is C19H31FO2. The number of unbranched alkanes of at least 4 members (excludes halogenated alkanes) is 2. The van der Waals surface area contributed by atoms with Gasteiger partial charge in [0, 0.05) is 6.42 Å². The largest absolute Gasteiger partial charge is 0.490 e. The topological polar surface area (TPSA) is 26.3 Å². The summed E-state index contributed by atoms with van der Waals surface area (Å²) in [6.07, 6.45) is 4.54. The molecule has 0 N–H and O–H groups in total. The van der Waals surface area contributed by atoms with Gasteiger partial charge in [-0.1, -0.05) is 40.2 Å². The number of carbonyl (C=O) groups is 1. The molecule has 3 heteroatoms. The van der Waals surface area contributed by atoms with E-state index in [4.69, 9.17) is 4.74 Å². The molecule has 0 fully saturated rings. The fourth-order valence-electron chi connectivity index (χ4n) is 1.95. The molecule has 0 atom stereocenters. The van der Waals surface area contributed by atoms with E-state index in [-0.39, 0.29) is 11.6 Å². The number of halogens is 1. The first kappa shape index (κ1) is 20.6. The van der Waals surface area contributed by atoms with Gasteiger partial charge in [-0.3, -0.25) is 0 Å². The van der Waals surface area contributed by atoms with Crippen LogP contribution >= 0.6 is 0 Å². The molecule has 0 aliphatic rings. The van der Waals surface area contributed by atoms with Gasteiger partial charge in [0.2, 0.25) is 0 Å². The van der Waals surface area contributed by atoms with Crippen molar-refractivity contribution in [3.05, 3.63) is 29.6 Å². The predicted octanol–water partition coefficient (Wildman–Crippen LogP) is 5.58. The lowest BCUT2D eigenvalue weighted by Crippen LogP contribution is -2.06. The average Bonchev–Trinajstić information content (AvgIpc) is 2.48. The monoisotopic (exact) mass is 310 g/mol. The number of hydrogen-bond acceptors (Lipinski definition) is 2. The molecule has 0 amide bonds. The second-order valence-corrected chi connectivity index (χ2v) is 5.73.